The minimum absolute atomic E-state index is 0.104. The Labute approximate surface area is 113 Å². The lowest BCUT2D eigenvalue weighted by molar-refractivity contribution is -0.123. The summed E-state index contributed by atoms with van der Waals surface area (Å²) in [6.07, 6.45) is -0.568. The zero-order valence-corrected chi connectivity index (χ0v) is 11.6. The molecule has 17 heavy (non-hydrogen) atoms. The summed E-state index contributed by atoms with van der Waals surface area (Å²) in [6.45, 7) is 1.70. The molecule has 0 saturated heterocycles. The summed E-state index contributed by atoms with van der Waals surface area (Å²) >= 11 is 9.05. The largest absolute Gasteiger partial charge is 0.483 e. The number of rotatable bonds is 5. The van der Waals surface area contributed by atoms with Crippen molar-refractivity contribution in [3.05, 3.63) is 27.7 Å². The molecule has 0 heterocycles. The second-order valence-corrected chi connectivity index (χ2v) is 4.81. The maximum atomic E-state index is 11.3. The lowest BCUT2D eigenvalue weighted by atomic mass is 10.3. The van der Waals surface area contributed by atoms with Gasteiger partial charge in [-0.1, -0.05) is 11.6 Å². The fourth-order valence-electron chi connectivity index (χ4n) is 1.05. The molecular formula is C11H13BrClNO3. The molecule has 0 aromatic heterocycles. The highest BCUT2D eigenvalue weighted by atomic mass is 79.9. The number of carbonyl (C=O) groups is 1. The van der Waals surface area contributed by atoms with Crippen LogP contribution in [0.1, 0.15) is 6.92 Å². The van der Waals surface area contributed by atoms with Gasteiger partial charge in [-0.15, -0.1) is 0 Å². The fourth-order valence-corrected chi connectivity index (χ4v) is 1.85. The van der Waals surface area contributed by atoms with E-state index in [0.29, 0.717) is 15.2 Å². The Kier molecular flexibility index (Phi) is 5.74. The van der Waals surface area contributed by atoms with Crippen molar-refractivity contribution < 1.29 is 14.6 Å². The van der Waals surface area contributed by atoms with Crippen LogP contribution in [0.25, 0.3) is 0 Å². The number of nitrogens with one attached hydrogen (secondary N) is 1. The van der Waals surface area contributed by atoms with Crippen molar-refractivity contribution in [3.8, 4) is 5.75 Å². The second-order valence-electron chi connectivity index (χ2n) is 3.52. The molecule has 1 amide bonds. The number of halogens is 2. The normalized spacial score (nSPS) is 12.0. The van der Waals surface area contributed by atoms with Gasteiger partial charge in [0.1, 0.15) is 5.75 Å². The summed E-state index contributed by atoms with van der Waals surface area (Å²) in [4.78, 5) is 11.3. The maximum absolute atomic E-state index is 11.3. The third-order valence-electron chi connectivity index (χ3n) is 1.85. The van der Waals surface area contributed by atoms with E-state index in [1.807, 2.05) is 0 Å². The van der Waals surface area contributed by atoms with Crippen molar-refractivity contribution in [2.24, 2.45) is 0 Å². The van der Waals surface area contributed by atoms with Gasteiger partial charge in [0.15, 0.2) is 6.61 Å². The van der Waals surface area contributed by atoms with E-state index in [1.165, 1.54) is 0 Å². The second kappa shape index (κ2) is 6.83. The summed E-state index contributed by atoms with van der Waals surface area (Å²) in [5, 5.41) is 12.1. The van der Waals surface area contributed by atoms with E-state index < -0.39 is 6.10 Å². The van der Waals surface area contributed by atoms with Crippen LogP contribution in [-0.2, 0) is 4.79 Å². The van der Waals surface area contributed by atoms with Crippen LogP contribution in [0.5, 0.6) is 5.75 Å². The van der Waals surface area contributed by atoms with Crippen LogP contribution in [0, 0.1) is 0 Å². The zero-order chi connectivity index (χ0) is 12.8. The van der Waals surface area contributed by atoms with Crippen molar-refractivity contribution in [1.29, 1.82) is 0 Å². The number of ether oxygens (including phenoxy) is 1. The minimum atomic E-state index is -0.568. The SMILES string of the molecule is C[C@H](O)CNC(=O)COc1ccc(Cl)cc1Br. The average Bonchev–Trinajstić information content (AvgIpc) is 2.25. The average molecular weight is 323 g/mol. The van der Waals surface area contributed by atoms with Gasteiger partial charge < -0.3 is 15.2 Å². The molecule has 0 saturated carbocycles. The highest BCUT2D eigenvalue weighted by Gasteiger charge is 2.06. The monoisotopic (exact) mass is 321 g/mol. The molecule has 1 aromatic carbocycles. The molecule has 0 radical (unpaired) electrons. The molecule has 2 N–H and O–H groups in total. The Morgan fingerprint density at radius 3 is 2.94 bits per heavy atom. The van der Waals surface area contributed by atoms with E-state index in [4.69, 9.17) is 21.4 Å². The van der Waals surface area contributed by atoms with E-state index in [0.717, 1.165) is 0 Å². The predicted molar refractivity (Wildman–Crippen MR) is 69.3 cm³/mol. The van der Waals surface area contributed by atoms with E-state index in [9.17, 15) is 4.79 Å². The van der Waals surface area contributed by atoms with Crippen LogP contribution >= 0.6 is 27.5 Å². The topological polar surface area (TPSA) is 58.6 Å². The first-order valence-corrected chi connectivity index (χ1v) is 6.18. The summed E-state index contributed by atoms with van der Waals surface area (Å²) < 4.78 is 5.97. The Bertz CT molecular complexity index is 398. The van der Waals surface area contributed by atoms with Crippen LogP contribution < -0.4 is 10.1 Å². The van der Waals surface area contributed by atoms with Gasteiger partial charge in [0, 0.05) is 11.6 Å². The van der Waals surface area contributed by atoms with Crippen LogP contribution in [-0.4, -0.2) is 30.3 Å². The molecule has 6 heteroatoms. The van der Waals surface area contributed by atoms with E-state index >= 15 is 0 Å². The van der Waals surface area contributed by atoms with Gasteiger partial charge in [-0.05, 0) is 41.1 Å². The van der Waals surface area contributed by atoms with Gasteiger partial charge in [-0.2, -0.15) is 0 Å². The third kappa shape index (κ3) is 5.39. The number of amides is 1. The minimum Gasteiger partial charge on any atom is -0.483 e. The fraction of sp³-hybridized carbons (Fsp3) is 0.364. The number of benzene rings is 1. The van der Waals surface area contributed by atoms with Gasteiger partial charge in [0.25, 0.3) is 5.91 Å². The lowest BCUT2D eigenvalue weighted by Gasteiger charge is -2.09. The Morgan fingerprint density at radius 1 is 1.65 bits per heavy atom. The van der Waals surface area contributed by atoms with Crippen molar-refractivity contribution in [2.45, 2.75) is 13.0 Å². The van der Waals surface area contributed by atoms with Gasteiger partial charge >= 0.3 is 0 Å². The highest BCUT2D eigenvalue weighted by molar-refractivity contribution is 9.10. The van der Waals surface area contributed by atoms with Crippen LogP contribution in [0.3, 0.4) is 0 Å². The third-order valence-corrected chi connectivity index (χ3v) is 2.70. The first kappa shape index (κ1) is 14.3. The van der Waals surface area contributed by atoms with Crippen LogP contribution in [0.4, 0.5) is 0 Å². The maximum Gasteiger partial charge on any atom is 0.258 e. The molecule has 0 spiro atoms. The Balaban J connectivity index is 2.42. The van der Waals surface area contributed by atoms with Gasteiger partial charge in [-0.25, -0.2) is 0 Å². The Morgan fingerprint density at radius 2 is 2.35 bits per heavy atom. The Hall–Kier alpha value is -0.780. The van der Waals surface area contributed by atoms with Crippen molar-refractivity contribution in [3.63, 3.8) is 0 Å². The highest BCUT2D eigenvalue weighted by Crippen LogP contribution is 2.27. The molecule has 0 bridgehead atoms. The number of aliphatic hydroxyl groups is 1. The molecule has 0 fully saturated rings. The number of carbonyl (C=O) groups excluding carboxylic acids is 1. The molecule has 0 aliphatic carbocycles. The summed E-state index contributed by atoms with van der Waals surface area (Å²) in [6, 6.07) is 5.04. The van der Waals surface area contributed by atoms with E-state index in [-0.39, 0.29) is 19.1 Å². The number of aliphatic hydroxyl groups excluding tert-OH is 1. The van der Waals surface area contributed by atoms with Crippen molar-refractivity contribution in [2.75, 3.05) is 13.2 Å². The van der Waals surface area contributed by atoms with Crippen molar-refractivity contribution in [1.82, 2.24) is 5.32 Å². The summed E-state index contributed by atoms with van der Waals surface area (Å²) in [7, 11) is 0. The van der Waals surface area contributed by atoms with Gasteiger partial charge in [-0.3, -0.25) is 4.79 Å². The summed E-state index contributed by atoms with van der Waals surface area (Å²) in [5.74, 6) is 0.259. The molecule has 94 valence electrons. The first-order chi connectivity index (χ1) is 7.99. The first-order valence-electron chi connectivity index (χ1n) is 5.01. The van der Waals surface area contributed by atoms with Crippen LogP contribution in [0.2, 0.25) is 5.02 Å². The standard InChI is InChI=1S/C11H13BrClNO3/c1-7(15)5-14-11(16)6-17-10-3-2-8(13)4-9(10)12/h2-4,7,15H,5-6H2,1H3,(H,14,16)/t7-/m0/s1. The molecule has 1 aromatic rings. The lowest BCUT2D eigenvalue weighted by Crippen LogP contribution is -2.34. The molecule has 0 unspecified atom stereocenters. The zero-order valence-electron chi connectivity index (χ0n) is 9.24. The smallest absolute Gasteiger partial charge is 0.258 e. The van der Waals surface area contributed by atoms with Gasteiger partial charge in [0.2, 0.25) is 0 Å². The number of hydrogen-bond donors (Lipinski definition) is 2. The van der Waals surface area contributed by atoms with Crippen LogP contribution in [0.15, 0.2) is 22.7 Å². The molecule has 4 nitrogen and oxygen atoms in total. The molecule has 1 atom stereocenters. The predicted octanol–water partition coefficient (Wildman–Crippen LogP) is 1.98. The van der Waals surface area contributed by atoms with E-state index in [1.54, 1.807) is 25.1 Å². The molecular weight excluding hydrogens is 309 g/mol. The quantitative estimate of drug-likeness (QED) is 0.871. The molecule has 0 aliphatic rings. The molecule has 0 aliphatic heterocycles. The van der Waals surface area contributed by atoms with E-state index in [2.05, 4.69) is 21.2 Å². The molecule has 1 rings (SSSR count). The summed E-state index contributed by atoms with van der Waals surface area (Å²) in [5.41, 5.74) is 0. The van der Waals surface area contributed by atoms with Crippen molar-refractivity contribution >= 4 is 33.4 Å². The van der Waals surface area contributed by atoms with Gasteiger partial charge in [0.05, 0.1) is 10.6 Å². The number of hydrogen-bond acceptors (Lipinski definition) is 3.